The molecule has 0 radical (unpaired) electrons. The Morgan fingerprint density at radius 1 is 0.967 bits per heavy atom. The molecule has 1 aliphatic rings. The van der Waals surface area contributed by atoms with Crippen LogP contribution in [0.3, 0.4) is 0 Å². The zero-order valence-electron chi connectivity index (χ0n) is 18.6. The zero-order valence-corrected chi connectivity index (χ0v) is 18.6. The number of aryl methyl sites for hydroxylation is 1. The number of hydrogen-bond acceptors (Lipinski definition) is 0. The quantitative estimate of drug-likeness (QED) is 0.427. The zero-order chi connectivity index (χ0) is 21.5. The predicted molar refractivity (Wildman–Crippen MR) is 121 cm³/mol. The molecule has 160 valence electrons. The highest BCUT2D eigenvalue weighted by molar-refractivity contribution is 5.45. The Morgan fingerprint density at radius 3 is 2.20 bits per heavy atom. The molecule has 1 atom stereocenters. The van der Waals surface area contributed by atoms with Gasteiger partial charge in [-0.05, 0) is 73.8 Å². The minimum Gasteiger partial charge on any atom is -0.206 e. The first-order chi connectivity index (χ1) is 14.5. The summed E-state index contributed by atoms with van der Waals surface area (Å²) < 4.78 is 29.2. The lowest BCUT2D eigenvalue weighted by Gasteiger charge is -2.32. The van der Waals surface area contributed by atoms with Crippen molar-refractivity contribution in [1.82, 2.24) is 0 Å². The van der Waals surface area contributed by atoms with E-state index in [0.29, 0.717) is 11.8 Å². The fourth-order valence-electron chi connectivity index (χ4n) is 4.71. The summed E-state index contributed by atoms with van der Waals surface area (Å²) in [5.41, 5.74) is 2.49. The molecule has 0 nitrogen and oxygen atoms in total. The van der Waals surface area contributed by atoms with Gasteiger partial charge in [0.15, 0.2) is 0 Å². The first-order valence-electron chi connectivity index (χ1n) is 11.5. The van der Waals surface area contributed by atoms with E-state index < -0.39 is 11.6 Å². The fourth-order valence-corrected chi connectivity index (χ4v) is 4.71. The highest BCUT2D eigenvalue weighted by atomic mass is 19.1. The molecular weight excluding hydrogens is 374 g/mol. The van der Waals surface area contributed by atoms with Gasteiger partial charge in [-0.2, -0.15) is 0 Å². The van der Waals surface area contributed by atoms with Crippen LogP contribution in [0.2, 0.25) is 0 Å². The first-order valence-corrected chi connectivity index (χ1v) is 11.5. The van der Waals surface area contributed by atoms with E-state index in [-0.39, 0.29) is 5.56 Å². The minimum atomic E-state index is -0.555. The van der Waals surface area contributed by atoms with Gasteiger partial charge in [-0.15, -0.1) is 0 Å². The van der Waals surface area contributed by atoms with Gasteiger partial charge in [0.25, 0.3) is 0 Å². The molecule has 0 bridgehead atoms. The minimum absolute atomic E-state index is 0.136. The molecule has 1 aliphatic carbocycles. The molecular formula is C28H34F2. The molecule has 0 aliphatic heterocycles. The Morgan fingerprint density at radius 2 is 1.60 bits per heavy atom. The molecule has 3 rings (SSSR count). The van der Waals surface area contributed by atoms with E-state index in [1.165, 1.54) is 57.1 Å². The topological polar surface area (TPSA) is 0 Å². The maximum atomic E-state index is 14.6. The Balaban J connectivity index is 1.62. The Bertz CT molecular complexity index is 854. The Labute approximate surface area is 181 Å². The third-order valence-electron chi connectivity index (χ3n) is 6.71. The summed E-state index contributed by atoms with van der Waals surface area (Å²) in [4.78, 5) is 0. The largest absolute Gasteiger partial charge is 0.206 e. The van der Waals surface area contributed by atoms with Crippen LogP contribution in [0.15, 0.2) is 36.4 Å². The van der Waals surface area contributed by atoms with Crippen molar-refractivity contribution in [3.05, 3.63) is 70.3 Å². The summed E-state index contributed by atoms with van der Waals surface area (Å²) in [7, 11) is 0. The van der Waals surface area contributed by atoms with Crippen molar-refractivity contribution in [1.29, 1.82) is 0 Å². The molecule has 0 saturated heterocycles. The molecule has 1 unspecified atom stereocenters. The number of hydrogen-bond donors (Lipinski definition) is 0. The van der Waals surface area contributed by atoms with E-state index in [0.717, 1.165) is 29.0 Å². The summed E-state index contributed by atoms with van der Waals surface area (Å²) in [6.45, 7) is 6.48. The van der Waals surface area contributed by atoms with E-state index in [4.69, 9.17) is 0 Å². The van der Waals surface area contributed by atoms with Crippen molar-refractivity contribution < 1.29 is 8.78 Å². The lowest BCUT2D eigenvalue weighted by molar-refractivity contribution is 0.204. The molecule has 30 heavy (non-hydrogen) atoms. The van der Waals surface area contributed by atoms with Crippen LogP contribution in [-0.4, -0.2) is 0 Å². The Kier molecular flexibility index (Phi) is 8.08. The van der Waals surface area contributed by atoms with Crippen molar-refractivity contribution in [2.75, 3.05) is 0 Å². The van der Waals surface area contributed by atoms with Gasteiger partial charge in [-0.1, -0.05) is 75.5 Å². The summed E-state index contributed by atoms with van der Waals surface area (Å²) in [5, 5.41) is 0. The van der Waals surface area contributed by atoms with Crippen LogP contribution in [0, 0.1) is 48.2 Å². The average molecular weight is 409 g/mol. The number of unbranched alkanes of at least 4 members (excludes halogenated alkanes) is 1. The SMILES string of the molecule is CCCCC1CCC(C(C)Cc2cc(F)c(C#Cc3ccc(C)cc3)c(F)c2)CC1. The van der Waals surface area contributed by atoms with Gasteiger partial charge < -0.3 is 0 Å². The molecule has 0 amide bonds. The smallest absolute Gasteiger partial charge is 0.142 e. The van der Waals surface area contributed by atoms with Crippen molar-refractivity contribution >= 4 is 0 Å². The van der Waals surface area contributed by atoms with Crippen LogP contribution >= 0.6 is 0 Å². The van der Waals surface area contributed by atoms with E-state index in [1.807, 2.05) is 31.2 Å². The third-order valence-corrected chi connectivity index (χ3v) is 6.71. The van der Waals surface area contributed by atoms with Crippen LogP contribution in [0.1, 0.15) is 81.0 Å². The van der Waals surface area contributed by atoms with Gasteiger partial charge in [0, 0.05) is 5.56 Å². The monoisotopic (exact) mass is 408 g/mol. The maximum Gasteiger partial charge on any atom is 0.142 e. The van der Waals surface area contributed by atoms with Crippen molar-refractivity contribution in [2.45, 2.75) is 72.1 Å². The summed E-state index contributed by atoms with van der Waals surface area (Å²) >= 11 is 0. The molecule has 1 saturated carbocycles. The van der Waals surface area contributed by atoms with E-state index >= 15 is 0 Å². The van der Waals surface area contributed by atoms with Crippen LogP contribution in [0.4, 0.5) is 8.78 Å². The standard InChI is InChI=1S/C28H34F2/c1-4-5-6-22-11-14-25(15-12-22)21(3)17-24-18-27(29)26(28(30)19-24)16-13-23-9-7-20(2)8-10-23/h7-10,18-19,21-22,25H,4-6,11-12,14-15,17H2,1-3H3. The molecule has 2 aromatic carbocycles. The van der Waals surface area contributed by atoms with Gasteiger partial charge in [-0.25, -0.2) is 8.78 Å². The van der Waals surface area contributed by atoms with Gasteiger partial charge in [0.2, 0.25) is 0 Å². The summed E-state index contributed by atoms with van der Waals surface area (Å²) in [6, 6.07) is 10.6. The van der Waals surface area contributed by atoms with Crippen LogP contribution < -0.4 is 0 Å². The molecule has 2 heteroatoms. The van der Waals surface area contributed by atoms with E-state index in [1.54, 1.807) is 0 Å². The number of benzene rings is 2. The van der Waals surface area contributed by atoms with Gasteiger partial charge >= 0.3 is 0 Å². The van der Waals surface area contributed by atoms with Gasteiger partial charge in [0.05, 0.1) is 5.56 Å². The van der Waals surface area contributed by atoms with Crippen LogP contribution in [0.25, 0.3) is 0 Å². The highest BCUT2D eigenvalue weighted by Gasteiger charge is 2.25. The van der Waals surface area contributed by atoms with E-state index in [2.05, 4.69) is 25.7 Å². The first kappa shape index (κ1) is 22.5. The van der Waals surface area contributed by atoms with Crippen molar-refractivity contribution in [3.63, 3.8) is 0 Å². The molecule has 0 aromatic heterocycles. The summed E-state index contributed by atoms with van der Waals surface area (Å²) in [5.74, 6) is 6.43. The predicted octanol–water partition coefficient (Wildman–Crippen LogP) is 7.85. The normalized spacial score (nSPS) is 19.8. The second kappa shape index (κ2) is 10.8. The number of halogens is 2. The molecule has 1 fully saturated rings. The third kappa shape index (κ3) is 6.18. The van der Waals surface area contributed by atoms with E-state index in [9.17, 15) is 8.78 Å². The lowest BCUT2D eigenvalue weighted by atomic mass is 9.73. The molecule has 0 spiro atoms. The Hall–Kier alpha value is -2.14. The van der Waals surface area contributed by atoms with Gasteiger partial charge in [-0.3, -0.25) is 0 Å². The molecule has 0 heterocycles. The molecule has 2 aromatic rings. The summed E-state index contributed by atoms with van der Waals surface area (Å²) in [6.07, 6.45) is 9.82. The van der Waals surface area contributed by atoms with Gasteiger partial charge in [0.1, 0.15) is 11.6 Å². The lowest BCUT2D eigenvalue weighted by Crippen LogP contribution is -2.21. The second-order valence-electron chi connectivity index (χ2n) is 9.15. The van der Waals surface area contributed by atoms with Crippen molar-refractivity contribution in [2.24, 2.45) is 17.8 Å². The highest BCUT2D eigenvalue weighted by Crippen LogP contribution is 2.37. The molecule has 0 N–H and O–H groups in total. The number of rotatable bonds is 6. The van der Waals surface area contributed by atoms with Crippen LogP contribution in [0.5, 0.6) is 0 Å². The average Bonchev–Trinajstić information content (AvgIpc) is 2.73. The fraction of sp³-hybridized carbons (Fsp3) is 0.500. The second-order valence-corrected chi connectivity index (χ2v) is 9.15. The van der Waals surface area contributed by atoms with Crippen molar-refractivity contribution in [3.8, 4) is 11.8 Å². The van der Waals surface area contributed by atoms with Crippen LogP contribution in [-0.2, 0) is 6.42 Å². The maximum absolute atomic E-state index is 14.6.